The fraction of sp³-hybridized carbons (Fsp3) is 0.167. The molecule has 1 heterocycles. The lowest BCUT2D eigenvalue weighted by molar-refractivity contribution is -0.106. The molecule has 0 saturated carbocycles. The maximum absolute atomic E-state index is 8.81. The second-order valence-corrected chi connectivity index (χ2v) is 1.22. The molecule has 9 heavy (non-hydrogen) atoms. The molecule has 3 nitrogen and oxygen atoms in total. The Bertz CT molecular complexity index is 143. The highest BCUT2D eigenvalue weighted by molar-refractivity contribution is 5.44. The van der Waals surface area contributed by atoms with Crippen LogP contribution in [-0.4, -0.2) is 11.4 Å². The van der Waals surface area contributed by atoms with Crippen molar-refractivity contribution in [3.8, 4) is 5.75 Å². The lowest BCUT2D eigenvalue weighted by Crippen LogP contribution is -1.40. The first kappa shape index (κ1) is 7.75. The molecule has 0 radical (unpaired) electrons. The topological polar surface area (TPSA) is 50.4 Å². The summed E-state index contributed by atoms with van der Waals surface area (Å²) in [7, 11) is 0. The second kappa shape index (κ2) is 4.90. The van der Waals surface area contributed by atoms with Gasteiger partial charge < -0.3 is 14.3 Å². The molecule has 0 fully saturated rings. The van der Waals surface area contributed by atoms with Crippen LogP contribution in [0.5, 0.6) is 5.75 Å². The van der Waals surface area contributed by atoms with Crippen molar-refractivity contribution in [2.75, 3.05) is 0 Å². The normalized spacial score (nSPS) is 7.22. The number of aldehydes is 1. The van der Waals surface area contributed by atoms with Crippen molar-refractivity contribution in [3.63, 3.8) is 0 Å². The summed E-state index contributed by atoms with van der Waals surface area (Å²) in [5.41, 5.74) is 0. The first-order valence-corrected chi connectivity index (χ1v) is 2.42. The molecule has 1 rings (SSSR count). The van der Waals surface area contributed by atoms with Crippen LogP contribution in [0, 0.1) is 0 Å². The fourth-order valence-corrected chi connectivity index (χ4v) is 0.257. The van der Waals surface area contributed by atoms with Crippen molar-refractivity contribution in [1.82, 2.24) is 0 Å². The molecule has 0 aliphatic rings. The maximum atomic E-state index is 8.81. The Labute approximate surface area is 52.9 Å². The summed E-state index contributed by atoms with van der Waals surface area (Å²) in [6, 6.07) is 1.47. The van der Waals surface area contributed by atoms with Crippen molar-refractivity contribution in [3.05, 3.63) is 18.6 Å². The largest absolute Gasteiger partial charge is 0.505 e. The van der Waals surface area contributed by atoms with Crippen molar-refractivity contribution in [2.24, 2.45) is 0 Å². The second-order valence-electron chi connectivity index (χ2n) is 1.22. The predicted molar refractivity (Wildman–Crippen MR) is 32.1 cm³/mol. The molecule has 50 valence electrons. The fourth-order valence-electron chi connectivity index (χ4n) is 0.257. The first-order valence-electron chi connectivity index (χ1n) is 2.42. The Morgan fingerprint density at radius 3 is 2.44 bits per heavy atom. The Morgan fingerprint density at radius 1 is 1.78 bits per heavy atom. The molecular formula is C6H8O3. The van der Waals surface area contributed by atoms with Crippen LogP contribution in [0.2, 0.25) is 0 Å². The summed E-state index contributed by atoms with van der Waals surface area (Å²) in [6.45, 7) is 1.44. The van der Waals surface area contributed by atoms with Crippen LogP contribution in [0.4, 0.5) is 0 Å². The smallest absolute Gasteiger partial charge is 0.153 e. The molecule has 0 saturated heterocycles. The van der Waals surface area contributed by atoms with Gasteiger partial charge in [-0.15, -0.1) is 0 Å². The van der Waals surface area contributed by atoms with Crippen molar-refractivity contribution in [2.45, 2.75) is 6.92 Å². The van der Waals surface area contributed by atoms with Gasteiger partial charge in [-0.1, -0.05) is 0 Å². The molecule has 0 aromatic carbocycles. The van der Waals surface area contributed by atoms with E-state index in [1.807, 2.05) is 0 Å². The summed E-state index contributed by atoms with van der Waals surface area (Å²) < 4.78 is 4.46. The van der Waals surface area contributed by atoms with Gasteiger partial charge in [-0.05, 0) is 6.92 Å². The Hall–Kier alpha value is -1.25. The summed E-state index contributed by atoms with van der Waals surface area (Å²) in [5, 5.41) is 8.38. The summed E-state index contributed by atoms with van der Waals surface area (Å²) in [6.07, 6.45) is 3.43. The van der Waals surface area contributed by atoms with Gasteiger partial charge >= 0.3 is 0 Å². The van der Waals surface area contributed by atoms with Gasteiger partial charge in [0.15, 0.2) is 5.75 Å². The Morgan fingerprint density at radius 2 is 2.33 bits per heavy atom. The van der Waals surface area contributed by atoms with Gasteiger partial charge in [-0.25, -0.2) is 0 Å². The van der Waals surface area contributed by atoms with Gasteiger partial charge in [0, 0.05) is 6.07 Å². The zero-order valence-corrected chi connectivity index (χ0v) is 5.07. The highest BCUT2D eigenvalue weighted by atomic mass is 16.3. The molecule has 0 bridgehead atoms. The van der Waals surface area contributed by atoms with Crippen molar-refractivity contribution < 1.29 is 14.3 Å². The number of hydrogen-bond acceptors (Lipinski definition) is 3. The van der Waals surface area contributed by atoms with E-state index in [0.717, 1.165) is 6.29 Å². The van der Waals surface area contributed by atoms with Crippen LogP contribution in [0.3, 0.4) is 0 Å². The van der Waals surface area contributed by atoms with E-state index < -0.39 is 0 Å². The molecular weight excluding hydrogens is 120 g/mol. The van der Waals surface area contributed by atoms with E-state index in [2.05, 4.69) is 4.42 Å². The van der Waals surface area contributed by atoms with Gasteiger partial charge in [0.1, 0.15) is 12.5 Å². The molecule has 0 aliphatic heterocycles. The number of carbonyl (C=O) groups is 1. The van der Waals surface area contributed by atoms with Crippen LogP contribution in [0.1, 0.15) is 6.92 Å². The minimum absolute atomic E-state index is 0.176. The molecule has 0 spiro atoms. The summed E-state index contributed by atoms with van der Waals surface area (Å²) in [5.74, 6) is 0.176. The monoisotopic (exact) mass is 128 g/mol. The van der Waals surface area contributed by atoms with E-state index in [-0.39, 0.29) is 5.75 Å². The Balaban J connectivity index is 0.000000187. The molecule has 0 atom stereocenters. The summed E-state index contributed by atoms with van der Waals surface area (Å²) >= 11 is 0. The number of rotatable bonds is 0. The van der Waals surface area contributed by atoms with Crippen molar-refractivity contribution in [1.29, 1.82) is 0 Å². The van der Waals surface area contributed by atoms with Crippen LogP contribution < -0.4 is 0 Å². The third-order valence-corrected chi connectivity index (χ3v) is 0.506. The third-order valence-electron chi connectivity index (χ3n) is 0.506. The average Bonchev–Trinajstić information content (AvgIpc) is 2.20. The molecule has 1 N–H and O–H groups in total. The van der Waals surface area contributed by atoms with Crippen LogP contribution >= 0.6 is 0 Å². The molecule has 0 aliphatic carbocycles. The van der Waals surface area contributed by atoms with Crippen LogP contribution in [0.25, 0.3) is 0 Å². The molecule has 0 unspecified atom stereocenters. The van der Waals surface area contributed by atoms with E-state index in [1.165, 1.54) is 25.5 Å². The number of carbonyl (C=O) groups excluding carboxylic acids is 1. The predicted octanol–water partition coefficient (Wildman–Crippen LogP) is 1.19. The lowest BCUT2D eigenvalue weighted by Gasteiger charge is -1.66. The van der Waals surface area contributed by atoms with Gasteiger partial charge in [-0.3, -0.25) is 0 Å². The first-order chi connectivity index (χ1) is 4.31. The van der Waals surface area contributed by atoms with Gasteiger partial charge in [0.05, 0.1) is 6.26 Å². The van der Waals surface area contributed by atoms with Crippen LogP contribution in [-0.2, 0) is 4.79 Å². The highest BCUT2D eigenvalue weighted by Crippen LogP contribution is 2.04. The number of aromatic hydroxyl groups is 1. The van der Waals surface area contributed by atoms with E-state index in [4.69, 9.17) is 9.90 Å². The highest BCUT2D eigenvalue weighted by Gasteiger charge is 1.79. The van der Waals surface area contributed by atoms with E-state index in [1.54, 1.807) is 0 Å². The number of hydrogen-bond donors (Lipinski definition) is 1. The molecule has 1 aromatic rings. The standard InChI is InChI=1S/C4H4O2.C2H4O/c5-4-1-2-6-3-4;1-2-3/h1-3,5H;2H,1H3. The zero-order valence-electron chi connectivity index (χ0n) is 5.07. The van der Waals surface area contributed by atoms with Gasteiger partial charge in [0.25, 0.3) is 0 Å². The Kier molecular flexibility index (Phi) is 4.22. The van der Waals surface area contributed by atoms with Gasteiger partial charge in [0.2, 0.25) is 0 Å². The van der Waals surface area contributed by atoms with Crippen LogP contribution in [0.15, 0.2) is 23.0 Å². The third kappa shape index (κ3) is 4.61. The molecule has 0 amide bonds. The van der Waals surface area contributed by atoms with E-state index in [0.29, 0.717) is 0 Å². The SMILES string of the molecule is CC=O.Oc1ccoc1. The zero-order chi connectivity index (χ0) is 7.11. The average molecular weight is 128 g/mol. The molecule has 3 heteroatoms. The lowest BCUT2D eigenvalue weighted by atomic mass is 10.6. The minimum Gasteiger partial charge on any atom is -0.505 e. The summed E-state index contributed by atoms with van der Waals surface area (Å²) in [4.78, 5) is 8.81. The molecule has 1 aromatic heterocycles. The van der Waals surface area contributed by atoms with E-state index in [9.17, 15) is 0 Å². The van der Waals surface area contributed by atoms with Crippen molar-refractivity contribution >= 4 is 6.29 Å². The van der Waals surface area contributed by atoms with E-state index >= 15 is 0 Å². The number of furan rings is 1. The quantitative estimate of drug-likeness (QED) is 0.534. The minimum atomic E-state index is 0.176. The van der Waals surface area contributed by atoms with Gasteiger partial charge in [-0.2, -0.15) is 0 Å². The maximum Gasteiger partial charge on any atom is 0.153 e.